The number of anilines is 2. The first-order valence-electron chi connectivity index (χ1n) is 9.96. The van der Waals surface area contributed by atoms with Crippen LogP contribution < -0.4 is 15.4 Å². The first kappa shape index (κ1) is 25.5. The van der Waals surface area contributed by atoms with Crippen LogP contribution in [-0.2, 0) is 11.0 Å². The summed E-state index contributed by atoms with van der Waals surface area (Å²) in [5.41, 5.74) is -0.00926. The van der Waals surface area contributed by atoms with E-state index in [1.54, 1.807) is 55.5 Å². The molecule has 0 saturated carbocycles. The number of amides is 2. The molecule has 0 aliphatic carbocycles. The van der Waals surface area contributed by atoms with Crippen molar-refractivity contribution in [2.45, 2.75) is 23.2 Å². The second-order valence-corrected chi connectivity index (χ2v) is 8.97. The molecule has 0 heterocycles. The number of alkyl halides is 3. The lowest BCUT2D eigenvalue weighted by Crippen LogP contribution is -2.22. The zero-order chi connectivity index (χ0) is 24.9. The summed E-state index contributed by atoms with van der Waals surface area (Å²) in [6, 6.07) is 16.3. The minimum Gasteiger partial charge on any atom is -0.497 e. The minimum atomic E-state index is -4.55. The van der Waals surface area contributed by atoms with E-state index in [0.717, 1.165) is 23.1 Å². The van der Waals surface area contributed by atoms with Gasteiger partial charge in [0.05, 0.1) is 28.6 Å². The monoisotopic (exact) mass is 508 g/mol. The van der Waals surface area contributed by atoms with Gasteiger partial charge in [-0.15, -0.1) is 11.8 Å². The zero-order valence-corrected chi connectivity index (χ0v) is 19.6. The lowest BCUT2D eigenvalue weighted by Gasteiger charge is -2.15. The number of nitrogens with one attached hydrogen (secondary N) is 2. The smallest absolute Gasteiger partial charge is 0.416 e. The zero-order valence-electron chi connectivity index (χ0n) is 18.1. The fourth-order valence-electron chi connectivity index (χ4n) is 2.87. The molecule has 0 aromatic heterocycles. The Bertz CT molecular complexity index is 1190. The average Bonchev–Trinajstić information content (AvgIpc) is 2.81. The summed E-state index contributed by atoms with van der Waals surface area (Å²) >= 11 is 7.15. The lowest BCUT2D eigenvalue weighted by molar-refractivity contribution is -0.137. The molecule has 34 heavy (non-hydrogen) atoms. The van der Waals surface area contributed by atoms with Gasteiger partial charge in [-0.1, -0.05) is 17.7 Å². The molecule has 178 valence electrons. The summed E-state index contributed by atoms with van der Waals surface area (Å²) in [5.74, 6) is -0.232. The summed E-state index contributed by atoms with van der Waals surface area (Å²) in [7, 11) is 1.52. The van der Waals surface area contributed by atoms with Crippen LogP contribution in [0.3, 0.4) is 0 Å². The number of benzene rings is 3. The number of rotatable bonds is 7. The van der Waals surface area contributed by atoms with E-state index < -0.39 is 22.9 Å². The van der Waals surface area contributed by atoms with E-state index in [-0.39, 0.29) is 16.6 Å². The van der Waals surface area contributed by atoms with E-state index in [4.69, 9.17) is 16.3 Å². The van der Waals surface area contributed by atoms with Gasteiger partial charge in [-0.05, 0) is 67.6 Å². The molecule has 0 spiro atoms. The molecule has 2 N–H and O–H groups in total. The molecule has 3 aromatic rings. The normalized spacial score (nSPS) is 12.1. The Morgan fingerprint density at radius 2 is 1.71 bits per heavy atom. The topological polar surface area (TPSA) is 67.4 Å². The molecule has 0 fully saturated rings. The molecule has 0 saturated heterocycles. The van der Waals surface area contributed by atoms with Crippen molar-refractivity contribution >= 4 is 46.6 Å². The Hall–Kier alpha value is -3.17. The molecule has 10 heteroatoms. The van der Waals surface area contributed by atoms with Crippen molar-refractivity contribution in [3.8, 4) is 5.75 Å². The van der Waals surface area contributed by atoms with Gasteiger partial charge in [-0.3, -0.25) is 9.59 Å². The molecule has 5 nitrogen and oxygen atoms in total. The van der Waals surface area contributed by atoms with Crippen molar-refractivity contribution in [2.75, 3.05) is 17.7 Å². The largest absolute Gasteiger partial charge is 0.497 e. The van der Waals surface area contributed by atoms with Gasteiger partial charge >= 0.3 is 6.18 Å². The van der Waals surface area contributed by atoms with Crippen LogP contribution in [0.2, 0.25) is 5.02 Å². The molecule has 2 amide bonds. The number of hydrogen-bond acceptors (Lipinski definition) is 4. The van der Waals surface area contributed by atoms with Crippen molar-refractivity contribution in [1.82, 2.24) is 0 Å². The van der Waals surface area contributed by atoms with Crippen LogP contribution in [0.1, 0.15) is 22.8 Å². The third kappa shape index (κ3) is 6.68. The van der Waals surface area contributed by atoms with E-state index in [1.807, 2.05) is 0 Å². The summed E-state index contributed by atoms with van der Waals surface area (Å²) < 4.78 is 43.9. The second kappa shape index (κ2) is 10.8. The Morgan fingerprint density at radius 3 is 2.35 bits per heavy atom. The first-order valence-corrected chi connectivity index (χ1v) is 11.2. The molecular weight excluding hydrogens is 489 g/mol. The van der Waals surface area contributed by atoms with E-state index in [9.17, 15) is 22.8 Å². The molecule has 1 unspecified atom stereocenters. The highest BCUT2D eigenvalue weighted by Gasteiger charge is 2.31. The van der Waals surface area contributed by atoms with Crippen molar-refractivity contribution in [2.24, 2.45) is 0 Å². The van der Waals surface area contributed by atoms with E-state index in [1.165, 1.54) is 18.9 Å². The minimum absolute atomic E-state index is 0.00896. The van der Waals surface area contributed by atoms with Crippen LogP contribution in [0.4, 0.5) is 24.5 Å². The van der Waals surface area contributed by atoms with Crippen LogP contribution >= 0.6 is 23.4 Å². The van der Waals surface area contributed by atoms with E-state index >= 15 is 0 Å². The average molecular weight is 509 g/mol. The molecule has 0 aliphatic heterocycles. The predicted molar refractivity (Wildman–Crippen MR) is 128 cm³/mol. The summed E-state index contributed by atoms with van der Waals surface area (Å²) in [6.07, 6.45) is -4.55. The maximum Gasteiger partial charge on any atom is 0.416 e. The van der Waals surface area contributed by atoms with Crippen molar-refractivity contribution in [3.05, 3.63) is 82.9 Å². The standard InChI is InChI=1S/C24H20ClF3N2O3S/c1-14(22(31)30-21-13-16(24(26,27)28)6-11-20(21)25)34-19-9-7-17(8-10-19)29-23(32)15-4-3-5-18(12-15)33-2/h3-14H,1-2H3,(H,29,32)(H,30,31). The fraction of sp³-hybridized carbons (Fsp3) is 0.167. The highest BCUT2D eigenvalue weighted by molar-refractivity contribution is 8.00. The van der Waals surface area contributed by atoms with Crippen LogP contribution in [-0.4, -0.2) is 24.2 Å². The van der Waals surface area contributed by atoms with Gasteiger partial charge in [0.2, 0.25) is 5.91 Å². The number of halogens is 4. The number of hydrogen-bond donors (Lipinski definition) is 2. The third-order valence-electron chi connectivity index (χ3n) is 4.68. The lowest BCUT2D eigenvalue weighted by atomic mass is 10.2. The first-order chi connectivity index (χ1) is 16.1. The quantitative estimate of drug-likeness (QED) is 0.347. The summed E-state index contributed by atoms with van der Waals surface area (Å²) in [4.78, 5) is 25.7. The van der Waals surface area contributed by atoms with Gasteiger partial charge in [-0.2, -0.15) is 13.2 Å². The van der Waals surface area contributed by atoms with Crippen molar-refractivity contribution in [1.29, 1.82) is 0 Å². The number of ether oxygens (including phenoxy) is 1. The van der Waals surface area contributed by atoms with Gasteiger partial charge in [0, 0.05) is 16.1 Å². The van der Waals surface area contributed by atoms with Gasteiger partial charge in [0.25, 0.3) is 5.91 Å². The van der Waals surface area contributed by atoms with Crippen molar-refractivity contribution < 1.29 is 27.5 Å². The molecule has 3 rings (SSSR count). The van der Waals surface area contributed by atoms with Gasteiger partial charge < -0.3 is 15.4 Å². The Kier molecular flexibility index (Phi) is 8.11. The summed E-state index contributed by atoms with van der Waals surface area (Å²) in [5, 5.41) is 4.61. The van der Waals surface area contributed by atoms with Gasteiger partial charge in [-0.25, -0.2) is 0 Å². The molecular formula is C24H20ClF3N2O3S. The molecule has 3 aromatic carbocycles. The number of methoxy groups -OCH3 is 1. The maximum absolute atomic E-state index is 12.9. The SMILES string of the molecule is COc1cccc(C(=O)Nc2ccc(SC(C)C(=O)Nc3cc(C(F)(F)F)ccc3Cl)cc2)c1. The number of carbonyl (C=O) groups excluding carboxylic acids is 2. The fourth-order valence-corrected chi connectivity index (χ4v) is 3.91. The molecule has 1 atom stereocenters. The Labute approximate surface area is 203 Å². The van der Waals surface area contributed by atoms with Crippen LogP contribution in [0.15, 0.2) is 71.6 Å². The highest BCUT2D eigenvalue weighted by Crippen LogP contribution is 2.34. The predicted octanol–water partition coefficient (Wildman–Crippen LogP) is 6.74. The maximum atomic E-state index is 12.9. The molecule has 0 aliphatic rings. The number of carbonyl (C=O) groups is 2. The van der Waals surface area contributed by atoms with Gasteiger partial charge in [0.1, 0.15) is 5.75 Å². The Morgan fingerprint density at radius 1 is 1.00 bits per heavy atom. The van der Waals surface area contributed by atoms with Crippen molar-refractivity contribution in [3.63, 3.8) is 0 Å². The van der Waals surface area contributed by atoms with Crippen LogP contribution in [0.5, 0.6) is 5.75 Å². The van der Waals surface area contributed by atoms with E-state index in [2.05, 4.69) is 10.6 Å². The molecule has 0 bridgehead atoms. The third-order valence-corrected chi connectivity index (χ3v) is 6.12. The van der Waals surface area contributed by atoms with Gasteiger partial charge in [0.15, 0.2) is 0 Å². The number of thioether (sulfide) groups is 1. The van der Waals surface area contributed by atoms with E-state index in [0.29, 0.717) is 17.0 Å². The highest BCUT2D eigenvalue weighted by atomic mass is 35.5. The van der Waals surface area contributed by atoms with Crippen LogP contribution in [0.25, 0.3) is 0 Å². The van der Waals surface area contributed by atoms with Crippen LogP contribution in [0, 0.1) is 0 Å². The second-order valence-electron chi connectivity index (χ2n) is 7.15. The summed E-state index contributed by atoms with van der Waals surface area (Å²) in [6.45, 7) is 1.62. The molecule has 0 radical (unpaired) electrons. The Balaban J connectivity index is 1.60.